The van der Waals surface area contributed by atoms with Gasteiger partial charge in [-0.25, -0.2) is 9.79 Å². The number of carbonyl (C=O) groups is 1. The number of aryl methyl sites for hydroxylation is 1. The first kappa shape index (κ1) is 35.6. The molecule has 14 heteroatoms. The first-order valence-corrected chi connectivity index (χ1v) is 18.3. The Morgan fingerprint density at radius 3 is 2.60 bits per heavy atom. The quantitative estimate of drug-likeness (QED) is 0.207. The molecule has 2 aliphatic heterocycles. The number of carbonyl (C=O) groups excluding carboxylic acids is 1. The van der Waals surface area contributed by atoms with Crippen molar-refractivity contribution in [3.63, 3.8) is 0 Å². The maximum absolute atomic E-state index is 12.8. The van der Waals surface area contributed by atoms with E-state index in [1.54, 1.807) is 22.6 Å². The third-order valence-electron chi connectivity index (χ3n) is 9.79. The van der Waals surface area contributed by atoms with E-state index in [1.165, 1.54) is 0 Å². The van der Waals surface area contributed by atoms with Crippen molar-refractivity contribution in [2.45, 2.75) is 89.9 Å². The van der Waals surface area contributed by atoms with E-state index in [9.17, 15) is 10.1 Å². The van der Waals surface area contributed by atoms with Crippen LogP contribution in [0.4, 0.5) is 15.6 Å². The summed E-state index contributed by atoms with van der Waals surface area (Å²) in [5, 5.41) is 15.5. The van der Waals surface area contributed by atoms with E-state index in [4.69, 9.17) is 24.0 Å². The number of rotatable bonds is 8. The number of anilines is 1. The number of piperazine rings is 1. The Kier molecular flexibility index (Phi) is 10.1. The summed E-state index contributed by atoms with van der Waals surface area (Å²) in [5.41, 5.74) is 1.62. The average molecular weight is 704 g/mol. The molecule has 0 bridgehead atoms. The number of ether oxygens (including phenoxy) is 2. The van der Waals surface area contributed by atoms with E-state index >= 15 is 0 Å². The van der Waals surface area contributed by atoms with E-state index in [0.717, 1.165) is 54.1 Å². The zero-order chi connectivity index (χ0) is 35.8. The van der Waals surface area contributed by atoms with Crippen LogP contribution < -0.4 is 9.64 Å². The smallest absolute Gasteiger partial charge is 0.410 e. The third-order valence-corrected chi connectivity index (χ3v) is 10.9. The topological polar surface area (TPSA) is 136 Å². The monoisotopic (exact) mass is 703 g/mol. The van der Waals surface area contributed by atoms with Gasteiger partial charge in [0.25, 0.3) is 0 Å². The van der Waals surface area contributed by atoms with Crippen LogP contribution in [0, 0.1) is 11.3 Å². The minimum Gasteiger partial charge on any atom is -0.459 e. The molecule has 3 aromatic rings. The van der Waals surface area contributed by atoms with Gasteiger partial charge in [-0.15, -0.1) is 11.3 Å². The summed E-state index contributed by atoms with van der Waals surface area (Å²) in [4.78, 5) is 36.3. The van der Waals surface area contributed by atoms with Crippen molar-refractivity contribution in [1.29, 1.82) is 5.26 Å². The summed E-state index contributed by atoms with van der Waals surface area (Å²) in [5.74, 6) is 1.38. The second-order valence-corrected chi connectivity index (χ2v) is 16.1. The van der Waals surface area contributed by atoms with E-state index in [1.807, 2.05) is 51.9 Å². The fraction of sp³-hybridized carbons (Fsp3) is 0.611. The van der Waals surface area contributed by atoms with Crippen molar-refractivity contribution in [1.82, 2.24) is 29.8 Å². The predicted octanol–water partition coefficient (Wildman–Crippen LogP) is 5.85. The molecule has 1 amide bonds. The van der Waals surface area contributed by atoms with Crippen LogP contribution in [-0.4, -0.2) is 114 Å². The number of aliphatic imine (C=N–C) groups is 1. The molecule has 1 unspecified atom stereocenters. The summed E-state index contributed by atoms with van der Waals surface area (Å²) in [6, 6.07) is 6.86. The molecule has 3 atom stereocenters. The zero-order valence-electron chi connectivity index (χ0n) is 30.5. The molecular formula is C36H49N9O4S. The molecule has 6 rings (SSSR count). The maximum atomic E-state index is 12.8. The molecule has 0 N–H and O–H groups in total. The van der Waals surface area contributed by atoms with Crippen LogP contribution in [0.5, 0.6) is 6.01 Å². The Bertz CT molecular complexity index is 1770. The highest BCUT2D eigenvalue weighted by molar-refractivity contribution is 7.16. The number of hydrogen-bond donors (Lipinski definition) is 0. The summed E-state index contributed by atoms with van der Waals surface area (Å²) < 4.78 is 18.2. The van der Waals surface area contributed by atoms with Gasteiger partial charge in [-0.3, -0.25) is 4.90 Å². The van der Waals surface area contributed by atoms with E-state index in [-0.39, 0.29) is 24.2 Å². The van der Waals surface area contributed by atoms with Gasteiger partial charge < -0.3 is 28.7 Å². The molecule has 0 spiro atoms. The van der Waals surface area contributed by atoms with Crippen molar-refractivity contribution in [2.75, 3.05) is 58.8 Å². The van der Waals surface area contributed by atoms with Gasteiger partial charge in [-0.2, -0.15) is 15.2 Å². The number of nitrogens with zero attached hydrogens (tertiary/aromatic N) is 9. The average Bonchev–Trinajstić information content (AvgIpc) is 3.82. The summed E-state index contributed by atoms with van der Waals surface area (Å²) in [6.45, 7) is 13.0. The zero-order valence-corrected chi connectivity index (χ0v) is 31.3. The third kappa shape index (κ3) is 7.44. The number of likely N-dealkylation sites (N-methyl/N-ethyl adjacent to an activating group) is 1. The normalized spacial score (nSPS) is 22.0. The van der Waals surface area contributed by atoms with Crippen molar-refractivity contribution >= 4 is 34.6 Å². The standard InChI is InChI=1S/C36H49N9O4S/c1-23(27-11-10-14-43(27)8)47-33-39-25(20-30(40-33)44-15-17-45(18-16-44)34(46)48-35(2,3)4)26-19-29(49-41-26)36(5)13-9-12-28-31(36)24(21-37)32(50-28)38-22-42(6)7/h19-20,22-23,27H,9-18H2,1-8H3/b38-22+/t23-,27-,36?/m0/s1. The maximum Gasteiger partial charge on any atom is 0.410 e. The van der Waals surface area contributed by atoms with Gasteiger partial charge in [-0.05, 0) is 85.9 Å². The second kappa shape index (κ2) is 14.2. The van der Waals surface area contributed by atoms with Gasteiger partial charge >= 0.3 is 12.1 Å². The summed E-state index contributed by atoms with van der Waals surface area (Å²) in [7, 11) is 5.95. The van der Waals surface area contributed by atoms with Crippen LogP contribution in [-0.2, 0) is 16.6 Å². The Hall–Kier alpha value is -4.22. The van der Waals surface area contributed by atoms with Crippen molar-refractivity contribution < 1.29 is 18.8 Å². The largest absolute Gasteiger partial charge is 0.459 e. The van der Waals surface area contributed by atoms with E-state index in [0.29, 0.717) is 54.7 Å². The predicted molar refractivity (Wildman–Crippen MR) is 194 cm³/mol. The van der Waals surface area contributed by atoms with Crippen LogP contribution in [0.15, 0.2) is 21.6 Å². The number of hydrogen-bond acceptors (Lipinski definition) is 12. The van der Waals surface area contributed by atoms with E-state index in [2.05, 4.69) is 46.9 Å². The van der Waals surface area contributed by atoms with Crippen LogP contribution >= 0.6 is 11.3 Å². The fourth-order valence-corrected chi connectivity index (χ4v) is 8.45. The van der Waals surface area contributed by atoms with Crippen molar-refractivity contribution in [3.05, 3.63) is 33.9 Å². The molecule has 3 aromatic heterocycles. The van der Waals surface area contributed by atoms with Crippen LogP contribution in [0.3, 0.4) is 0 Å². The fourth-order valence-electron chi connectivity index (χ4n) is 7.19. The molecule has 2 saturated heterocycles. The molecule has 0 saturated carbocycles. The molecular weight excluding hydrogens is 655 g/mol. The molecule has 268 valence electrons. The number of nitriles is 1. The number of thiophene rings is 1. The van der Waals surface area contributed by atoms with Gasteiger partial charge in [0, 0.05) is 63.3 Å². The molecule has 5 heterocycles. The summed E-state index contributed by atoms with van der Waals surface area (Å²) >= 11 is 1.58. The van der Waals surface area contributed by atoms with Crippen LogP contribution in [0.25, 0.3) is 11.4 Å². The van der Waals surface area contributed by atoms with Gasteiger partial charge in [-0.1, -0.05) is 5.16 Å². The number of aromatic nitrogens is 3. The lowest BCUT2D eigenvalue weighted by atomic mass is 9.71. The lowest BCUT2D eigenvalue weighted by molar-refractivity contribution is 0.0240. The lowest BCUT2D eigenvalue weighted by Crippen LogP contribution is -2.50. The highest BCUT2D eigenvalue weighted by Crippen LogP contribution is 2.50. The minimum atomic E-state index is -0.555. The number of fused-ring (bicyclic) bond motifs is 1. The van der Waals surface area contributed by atoms with Gasteiger partial charge in [0.1, 0.15) is 45.7 Å². The summed E-state index contributed by atoms with van der Waals surface area (Å²) in [6.07, 6.45) is 6.16. The number of likely N-dealkylation sites (tertiary alicyclic amines) is 1. The van der Waals surface area contributed by atoms with Gasteiger partial charge in [0.15, 0.2) is 0 Å². The molecule has 1 aliphatic carbocycles. The van der Waals surface area contributed by atoms with Gasteiger partial charge in [0.05, 0.1) is 17.3 Å². The number of amides is 1. The molecule has 13 nitrogen and oxygen atoms in total. The Balaban J connectivity index is 1.31. The molecule has 2 fully saturated rings. The van der Waals surface area contributed by atoms with Crippen molar-refractivity contribution in [2.24, 2.45) is 4.99 Å². The first-order valence-electron chi connectivity index (χ1n) is 17.5. The Morgan fingerprint density at radius 2 is 1.94 bits per heavy atom. The van der Waals surface area contributed by atoms with E-state index < -0.39 is 11.0 Å². The second-order valence-electron chi connectivity index (χ2n) is 15.0. The van der Waals surface area contributed by atoms with Crippen LogP contribution in [0.1, 0.15) is 82.1 Å². The Labute approximate surface area is 298 Å². The highest BCUT2D eigenvalue weighted by atomic mass is 32.1. The van der Waals surface area contributed by atoms with Crippen molar-refractivity contribution in [3.8, 4) is 23.5 Å². The first-order chi connectivity index (χ1) is 23.8. The molecule has 3 aliphatic rings. The highest BCUT2D eigenvalue weighted by Gasteiger charge is 2.42. The van der Waals surface area contributed by atoms with Gasteiger partial charge in [0.2, 0.25) is 0 Å². The molecule has 0 radical (unpaired) electrons. The Morgan fingerprint density at radius 1 is 1.18 bits per heavy atom. The minimum absolute atomic E-state index is 0.116. The van der Waals surface area contributed by atoms with Crippen LogP contribution in [0.2, 0.25) is 0 Å². The molecule has 0 aromatic carbocycles. The lowest BCUT2D eigenvalue weighted by Gasteiger charge is -2.36. The molecule has 50 heavy (non-hydrogen) atoms. The SMILES string of the molecule is C[C@H](Oc1nc(-c2cc(C3(C)CCCc4sc(/N=C/N(C)C)c(C#N)c43)on2)cc(N2CCN(C(=O)OC(C)(C)C)CC2)n1)[C@@H]1CCCN1C.